The third kappa shape index (κ3) is 4.55. The first-order chi connectivity index (χ1) is 7.22. The van der Waals surface area contributed by atoms with Gasteiger partial charge in [0.15, 0.2) is 5.82 Å². The van der Waals surface area contributed by atoms with Crippen molar-refractivity contribution in [2.24, 2.45) is 7.05 Å². The molecule has 0 atom stereocenters. The molecule has 0 aliphatic heterocycles. The second-order valence-corrected chi connectivity index (χ2v) is 3.21. The van der Waals surface area contributed by atoms with Gasteiger partial charge < -0.3 is 10.6 Å². The van der Waals surface area contributed by atoms with Crippen LogP contribution < -0.4 is 10.6 Å². The van der Waals surface area contributed by atoms with E-state index < -0.39 is 0 Å². The van der Waals surface area contributed by atoms with Crippen LogP contribution >= 0.6 is 0 Å². The number of hydrogen-bond donors (Lipinski definition) is 2. The van der Waals surface area contributed by atoms with Gasteiger partial charge in [0, 0.05) is 20.0 Å². The van der Waals surface area contributed by atoms with Crippen molar-refractivity contribution in [1.29, 1.82) is 0 Å². The van der Waals surface area contributed by atoms with Gasteiger partial charge in [-0.15, -0.1) is 0 Å². The maximum Gasteiger partial charge on any atom is 0.233 e. The van der Waals surface area contributed by atoms with Gasteiger partial charge in [-0.1, -0.05) is 6.92 Å². The van der Waals surface area contributed by atoms with Gasteiger partial charge in [-0.2, -0.15) is 5.10 Å². The summed E-state index contributed by atoms with van der Waals surface area (Å²) in [4.78, 5) is 15.2. The Morgan fingerprint density at radius 1 is 1.60 bits per heavy atom. The largest absolute Gasteiger partial charge is 0.355 e. The second-order valence-electron chi connectivity index (χ2n) is 3.21. The van der Waals surface area contributed by atoms with Gasteiger partial charge in [-0.05, 0) is 6.54 Å². The lowest BCUT2D eigenvalue weighted by Crippen LogP contribution is -2.34. The van der Waals surface area contributed by atoms with Crippen LogP contribution in [0.25, 0.3) is 0 Å². The molecule has 6 heteroatoms. The number of likely N-dealkylation sites (N-methyl/N-ethyl adjacent to an activating group) is 1. The summed E-state index contributed by atoms with van der Waals surface area (Å²) in [5.41, 5.74) is 0. The molecule has 15 heavy (non-hydrogen) atoms. The smallest absolute Gasteiger partial charge is 0.233 e. The van der Waals surface area contributed by atoms with Gasteiger partial charge in [-0.25, -0.2) is 4.98 Å². The van der Waals surface area contributed by atoms with Gasteiger partial charge in [-0.3, -0.25) is 9.48 Å². The van der Waals surface area contributed by atoms with Crippen molar-refractivity contribution in [3.05, 3.63) is 12.2 Å². The van der Waals surface area contributed by atoms with Crippen LogP contribution in [-0.2, 0) is 18.3 Å². The molecule has 0 aliphatic carbocycles. The Bertz CT molecular complexity index is 309. The van der Waals surface area contributed by atoms with Crippen molar-refractivity contribution < 1.29 is 4.79 Å². The molecule has 1 aromatic heterocycles. The van der Waals surface area contributed by atoms with Crippen molar-refractivity contribution in [1.82, 2.24) is 25.4 Å². The molecule has 0 radical (unpaired) electrons. The minimum atomic E-state index is 0.00720. The number of aromatic nitrogens is 3. The molecule has 0 unspecified atom stereocenters. The maximum atomic E-state index is 11.2. The molecule has 1 amide bonds. The molecule has 0 spiro atoms. The number of carbonyl (C=O) groups excluding carboxylic acids is 1. The van der Waals surface area contributed by atoms with Crippen LogP contribution in [0.3, 0.4) is 0 Å². The lowest BCUT2D eigenvalue weighted by Gasteiger charge is -2.03. The molecule has 0 saturated heterocycles. The minimum absolute atomic E-state index is 0.00720. The van der Waals surface area contributed by atoms with E-state index in [-0.39, 0.29) is 5.91 Å². The Kier molecular flexibility index (Phi) is 4.76. The number of rotatable bonds is 6. The van der Waals surface area contributed by atoms with E-state index in [1.807, 2.05) is 14.0 Å². The van der Waals surface area contributed by atoms with E-state index in [1.165, 1.54) is 0 Å². The number of aryl methyl sites for hydroxylation is 1. The highest BCUT2D eigenvalue weighted by atomic mass is 16.1. The minimum Gasteiger partial charge on any atom is -0.355 e. The Morgan fingerprint density at radius 2 is 2.40 bits per heavy atom. The Hall–Kier alpha value is -1.43. The summed E-state index contributed by atoms with van der Waals surface area (Å²) in [7, 11) is 1.82. The van der Waals surface area contributed by atoms with E-state index >= 15 is 0 Å². The van der Waals surface area contributed by atoms with E-state index in [0.717, 1.165) is 12.4 Å². The predicted octanol–water partition coefficient (Wildman–Crippen LogP) is -0.917. The summed E-state index contributed by atoms with van der Waals surface area (Å²) in [6, 6.07) is 0. The number of carbonyl (C=O) groups is 1. The van der Waals surface area contributed by atoms with Crippen LogP contribution in [0.15, 0.2) is 6.33 Å². The third-order valence-corrected chi connectivity index (χ3v) is 1.85. The highest BCUT2D eigenvalue weighted by molar-refractivity contribution is 5.77. The summed E-state index contributed by atoms with van der Waals surface area (Å²) >= 11 is 0. The zero-order valence-electron chi connectivity index (χ0n) is 9.16. The van der Waals surface area contributed by atoms with Crippen molar-refractivity contribution >= 4 is 5.91 Å². The van der Waals surface area contributed by atoms with Crippen molar-refractivity contribution in [3.63, 3.8) is 0 Å². The van der Waals surface area contributed by atoms with Gasteiger partial charge in [0.2, 0.25) is 5.91 Å². The second kappa shape index (κ2) is 6.13. The Morgan fingerprint density at radius 3 is 3.00 bits per heavy atom. The van der Waals surface area contributed by atoms with Crippen molar-refractivity contribution in [2.45, 2.75) is 13.3 Å². The summed E-state index contributed by atoms with van der Waals surface area (Å²) in [6.07, 6.45) is 2.31. The molecule has 0 aromatic carbocycles. The van der Waals surface area contributed by atoms with Gasteiger partial charge in [0.25, 0.3) is 0 Å². The molecule has 0 fully saturated rings. The summed E-state index contributed by atoms with van der Waals surface area (Å²) < 4.78 is 1.65. The topological polar surface area (TPSA) is 71.8 Å². The fourth-order valence-corrected chi connectivity index (χ4v) is 1.11. The molecule has 1 rings (SSSR count). The quantitative estimate of drug-likeness (QED) is 0.638. The zero-order valence-corrected chi connectivity index (χ0v) is 9.16. The van der Waals surface area contributed by atoms with Crippen LogP contribution in [0.1, 0.15) is 12.7 Å². The molecule has 2 N–H and O–H groups in total. The van der Waals surface area contributed by atoms with Crippen LogP contribution in [0.5, 0.6) is 0 Å². The summed E-state index contributed by atoms with van der Waals surface area (Å²) in [6.45, 7) is 3.71. The third-order valence-electron chi connectivity index (χ3n) is 1.85. The standard InChI is InChI=1S/C9H17N5O/c1-3-10-6-9(15)11-5-4-8-12-7-14(2)13-8/h7,10H,3-6H2,1-2H3,(H,11,15). The molecular formula is C9H17N5O. The molecule has 1 aromatic rings. The fraction of sp³-hybridized carbons (Fsp3) is 0.667. The monoisotopic (exact) mass is 211 g/mol. The molecule has 0 bridgehead atoms. The van der Waals surface area contributed by atoms with E-state index in [9.17, 15) is 4.79 Å². The predicted molar refractivity (Wildman–Crippen MR) is 56.3 cm³/mol. The molecule has 0 saturated carbocycles. The number of nitrogens with one attached hydrogen (secondary N) is 2. The van der Waals surface area contributed by atoms with Crippen LogP contribution in [0.2, 0.25) is 0 Å². The molecule has 84 valence electrons. The molecule has 0 aliphatic rings. The van der Waals surface area contributed by atoms with Crippen molar-refractivity contribution in [3.8, 4) is 0 Å². The first-order valence-electron chi connectivity index (χ1n) is 5.04. The molecule has 6 nitrogen and oxygen atoms in total. The van der Waals surface area contributed by atoms with E-state index in [4.69, 9.17) is 0 Å². The summed E-state index contributed by atoms with van der Waals surface area (Å²) in [5.74, 6) is 0.758. The van der Waals surface area contributed by atoms with Gasteiger partial charge in [0.1, 0.15) is 6.33 Å². The highest BCUT2D eigenvalue weighted by Crippen LogP contribution is 1.87. The first kappa shape index (κ1) is 11.6. The number of hydrogen-bond acceptors (Lipinski definition) is 4. The number of nitrogens with zero attached hydrogens (tertiary/aromatic N) is 3. The Balaban J connectivity index is 2.13. The van der Waals surface area contributed by atoms with E-state index in [1.54, 1.807) is 11.0 Å². The first-order valence-corrected chi connectivity index (χ1v) is 5.04. The summed E-state index contributed by atoms with van der Waals surface area (Å²) in [5, 5.41) is 9.85. The van der Waals surface area contributed by atoms with Crippen molar-refractivity contribution in [2.75, 3.05) is 19.6 Å². The highest BCUT2D eigenvalue weighted by Gasteiger charge is 2.01. The van der Waals surface area contributed by atoms with E-state index in [0.29, 0.717) is 19.5 Å². The maximum absolute atomic E-state index is 11.2. The SMILES string of the molecule is CCNCC(=O)NCCc1ncn(C)n1. The van der Waals surface area contributed by atoms with Gasteiger partial charge >= 0.3 is 0 Å². The number of amides is 1. The average molecular weight is 211 g/mol. The Labute approximate surface area is 89.1 Å². The average Bonchev–Trinajstić information content (AvgIpc) is 2.61. The van der Waals surface area contributed by atoms with Crippen LogP contribution in [0.4, 0.5) is 0 Å². The molecule has 1 heterocycles. The van der Waals surface area contributed by atoms with Crippen LogP contribution in [-0.4, -0.2) is 40.3 Å². The van der Waals surface area contributed by atoms with Crippen LogP contribution in [0, 0.1) is 0 Å². The lowest BCUT2D eigenvalue weighted by atomic mass is 10.4. The fourth-order valence-electron chi connectivity index (χ4n) is 1.11. The van der Waals surface area contributed by atoms with E-state index in [2.05, 4.69) is 20.7 Å². The molecular weight excluding hydrogens is 194 g/mol. The normalized spacial score (nSPS) is 10.3. The zero-order chi connectivity index (χ0) is 11.1. The lowest BCUT2D eigenvalue weighted by molar-refractivity contribution is -0.120. The van der Waals surface area contributed by atoms with Gasteiger partial charge in [0.05, 0.1) is 6.54 Å².